The predicted octanol–water partition coefficient (Wildman–Crippen LogP) is 2.47. The summed E-state index contributed by atoms with van der Waals surface area (Å²) in [5, 5.41) is 14.1. The highest BCUT2D eigenvalue weighted by molar-refractivity contribution is 5.74. The maximum Gasteiger partial charge on any atom is 0.315 e. The zero-order valence-corrected chi connectivity index (χ0v) is 13.6. The van der Waals surface area contributed by atoms with E-state index in [0.29, 0.717) is 6.54 Å². The molecular weight excluding hydrogens is 294 g/mol. The molecule has 0 fully saturated rings. The Morgan fingerprint density at radius 2 is 2.22 bits per heavy atom. The molecule has 2 N–H and O–H groups in total. The van der Waals surface area contributed by atoms with Gasteiger partial charge in [0.1, 0.15) is 17.3 Å². The topological polar surface area (TPSA) is 85.0 Å². The molecule has 1 aliphatic heterocycles. The SMILES string of the molecule is Cc1ccc(C(C)NC(=O)NCc2nnc3n2CCCCC3)o1. The summed E-state index contributed by atoms with van der Waals surface area (Å²) in [6.07, 6.45) is 4.48. The van der Waals surface area contributed by atoms with E-state index in [9.17, 15) is 4.79 Å². The number of hydrogen-bond acceptors (Lipinski definition) is 4. The first-order chi connectivity index (χ1) is 11.1. The van der Waals surface area contributed by atoms with E-state index in [4.69, 9.17) is 4.42 Å². The molecule has 124 valence electrons. The van der Waals surface area contributed by atoms with Gasteiger partial charge in [0.15, 0.2) is 5.82 Å². The summed E-state index contributed by atoms with van der Waals surface area (Å²) in [4.78, 5) is 12.0. The Balaban J connectivity index is 1.54. The van der Waals surface area contributed by atoms with Gasteiger partial charge in [-0.1, -0.05) is 6.42 Å². The second kappa shape index (κ2) is 6.85. The molecule has 2 aromatic heterocycles. The number of aryl methyl sites for hydroxylation is 2. The smallest absolute Gasteiger partial charge is 0.315 e. The lowest BCUT2D eigenvalue weighted by molar-refractivity contribution is 0.235. The van der Waals surface area contributed by atoms with Crippen molar-refractivity contribution >= 4 is 6.03 Å². The summed E-state index contributed by atoms with van der Waals surface area (Å²) in [6.45, 7) is 5.08. The molecule has 7 nitrogen and oxygen atoms in total. The quantitative estimate of drug-likeness (QED) is 0.907. The maximum atomic E-state index is 12.0. The maximum absolute atomic E-state index is 12.0. The Morgan fingerprint density at radius 3 is 3.00 bits per heavy atom. The van der Waals surface area contributed by atoms with Crippen molar-refractivity contribution in [3.63, 3.8) is 0 Å². The van der Waals surface area contributed by atoms with Gasteiger partial charge in [-0.05, 0) is 38.8 Å². The van der Waals surface area contributed by atoms with Gasteiger partial charge in [0, 0.05) is 13.0 Å². The van der Waals surface area contributed by atoms with Crippen LogP contribution in [0.2, 0.25) is 0 Å². The van der Waals surface area contributed by atoms with Crippen LogP contribution in [-0.4, -0.2) is 20.8 Å². The van der Waals surface area contributed by atoms with Crippen LogP contribution < -0.4 is 10.6 Å². The van der Waals surface area contributed by atoms with Crippen molar-refractivity contribution in [3.05, 3.63) is 35.3 Å². The molecule has 0 aliphatic carbocycles. The Labute approximate surface area is 135 Å². The number of furan rings is 1. The fourth-order valence-electron chi connectivity index (χ4n) is 2.84. The van der Waals surface area contributed by atoms with Crippen molar-refractivity contribution in [1.82, 2.24) is 25.4 Å². The minimum absolute atomic E-state index is 0.181. The lowest BCUT2D eigenvalue weighted by Crippen LogP contribution is -2.37. The van der Waals surface area contributed by atoms with E-state index in [-0.39, 0.29) is 12.1 Å². The zero-order valence-electron chi connectivity index (χ0n) is 13.6. The summed E-state index contributed by atoms with van der Waals surface area (Å²) in [5.74, 6) is 3.42. The van der Waals surface area contributed by atoms with Gasteiger partial charge >= 0.3 is 6.03 Å². The monoisotopic (exact) mass is 317 g/mol. The molecule has 1 atom stereocenters. The lowest BCUT2D eigenvalue weighted by atomic mass is 10.2. The molecule has 0 aromatic carbocycles. The number of urea groups is 1. The zero-order chi connectivity index (χ0) is 16.2. The van der Waals surface area contributed by atoms with Crippen LogP contribution in [0.3, 0.4) is 0 Å². The number of nitrogens with zero attached hydrogens (tertiary/aromatic N) is 3. The van der Waals surface area contributed by atoms with Gasteiger partial charge in [-0.3, -0.25) is 0 Å². The number of nitrogens with one attached hydrogen (secondary N) is 2. The standard InChI is InChI=1S/C16H23N5O2/c1-11-7-8-13(23-11)12(2)18-16(22)17-10-15-20-19-14-6-4-3-5-9-21(14)15/h7-8,12H,3-6,9-10H2,1-2H3,(H2,17,18,22). The second-order valence-corrected chi connectivity index (χ2v) is 5.99. The summed E-state index contributed by atoms with van der Waals surface area (Å²) in [7, 11) is 0. The molecule has 3 heterocycles. The van der Waals surface area contributed by atoms with Crippen molar-refractivity contribution in [2.45, 2.75) is 58.7 Å². The van der Waals surface area contributed by atoms with Gasteiger partial charge in [0.25, 0.3) is 0 Å². The first-order valence-electron chi connectivity index (χ1n) is 8.15. The van der Waals surface area contributed by atoms with Crippen LogP contribution in [0.1, 0.15) is 55.4 Å². The van der Waals surface area contributed by atoms with Crippen molar-refractivity contribution in [3.8, 4) is 0 Å². The Hall–Kier alpha value is -2.31. The highest BCUT2D eigenvalue weighted by Crippen LogP contribution is 2.16. The normalized spacial score (nSPS) is 15.6. The van der Waals surface area contributed by atoms with Crippen LogP contribution in [0, 0.1) is 6.92 Å². The Bertz CT molecular complexity index is 676. The van der Waals surface area contributed by atoms with Gasteiger partial charge in [-0.25, -0.2) is 4.79 Å². The second-order valence-electron chi connectivity index (χ2n) is 5.99. The van der Waals surface area contributed by atoms with Crippen LogP contribution in [0.4, 0.5) is 4.79 Å². The highest BCUT2D eigenvalue weighted by Gasteiger charge is 2.16. The molecule has 1 aliphatic rings. The Kier molecular flexibility index (Phi) is 4.64. The third-order valence-electron chi connectivity index (χ3n) is 4.13. The third kappa shape index (κ3) is 3.72. The average molecular weight is 317 g/mol. The van der Waals surface area contributed by atoms with Crippen molar-refractivity contribution in [2.24, 2.45) is 0 Å². The molecule has 23 heavy (non-hydrogen) atoms. The summed E-state index contributed by atoms with van der Waals surface area (Å²) in [5.41, 5.74) is 0. The van der Waals surface area contributed by atoms with Crippen molar-refractivity contribution in [1.29, 1.82) is 0 Å². The number of carbonyl (C=O) groups is 1. The summed E-state index contributed by atoms with van der Waals surface area (Å²) in [6, 6.07) is 3.34. The molecule has 2 aromatic rings. The minimum Gasteiger partial charge on any atom is -0.464 e. The molecule has 7 heteroatoms. The van der Waals surface area contributed by atoms with E-state index in [1.165, 1.54) is 6.42 Å². The molecule has 0 saturated heterocycles. The number of amides is 2. The first kappa shape index (κ1) is 15.6. The molecule has 0 saturated carbocycles. The molecule has 0 radical (unpaired) electrons. The largest absolute Gasteiger partial charge is 0.464 e. The molecule has 1 unspecified atom stereocenters. The van der Waals surface area contributed by atoms with Gasteiger partial charge in [0.05, 0.1) is 12.6 Å². The first-order valence-corrected chi connectivity index (χ1v) is 8.15. The van der Waals surface area contributed by atoms with Crippen LogP contribution >= 0.6 is 0 Å². The molecule has 2 amide bonds. The molecule has 0 spiro atoms. The molecule has 3 rings (SSSR count). The molecule has 0 bridgehead atoms. The highest BCUT2D eigenvalue weighted by atomic mass is 16.3. The van der Waals surface area contributed by atoms with E-state index < -0.39 is 0 Å². The minimum atomic E-state index is -0.238. The van der Waals surface area contributed by atoms with Gasteiger partial charge < -0.3 is 19.6 Å². The van der Waals surface area contributed by atoms with E-state index in [1.54, 1.807) is 0 Å². The van der Waals surface area contributed by atoms with Crippen molar-refractivity contribution < 1.29 is 9.21 Å². The van der Waals surface area contributed by atoms with Crippen LogP contribution in [0.25, 0.3) is 0 Å². The van der Waals surface area contributed by atoms with E-state index in [1.807, 2.05) is 26.0 Å². The van der Waals surface area contributed by atoms with E-state index in [0.717, 1.165) is 49.0 Å². The third-order valence-corrected chi connectivity index (χ3v) is 4.13. The van der Waals surface area contributed by atoms with Crippen LogP contribution in [0.5, 0.6) is 0 Å². The fraction of sp³-hybridized carbons (Fsp3) is 0.562. The lowest BCUT2D eigenvalue weighted by Gasteiger charge is -2.13. The van der Waals surface area contributed by atoms with E-state index >= 15 is 0 Å². The number of aromatic nitrogens is 3. The van der Waals surface area contributed by atoms with Crippen LogP contribution in [0.15, 0.2) is 16.5 Å². The Morgan fingerprint density at radius 1 is 1.35 bits per heavy atom. The number of hydrogen-bond donors (Lipinski definition) is 2. The van der Waals surface area contributed by atoms with Crippen molar-refractivity contribution in [2.75, 3.05) is 0 Å². The summed E-state index contributed by atoms with van der Waals surface area (Å²) < 4.78 is 7.65. The molecular formula is C16H23N5O2. The summed E-state index contributed by atoms with van der Waals surface area (Å²) >= 11 is 0. The average Bonchev–Trinajstić information content (AvgIpc) is 3.05. The van der Waals surface area contributed by atoms with E-state index in [2.05, 4.69) is 25.4 Å². The van der Waals surface area contributed by atoms with Gasteiger partial charge in [-0.2, -0.15) is 0 Å². The van der Waals surface area contributed by atoms with Gasteiger partial charge in [0.2, 0.25) is 0 Å². The number of rotatable bonds is 4. The fourth-order valence-corrected chi connectivity index (χ4v) is 2.84. The predicted molar refractivity (Wildman–Crippen MR) is 84.8 cm³/mol. The van der Waals surface area contributed by atoms with Gasteiger partial charge in [-0.15, -0.1) is 10.2 Å². The van der Waals surface area contributed by atoms with Crippen LogP contribution in [-0.2, 0) is 19.5 Å². The number of fused-ring (bicyclic) bond motifs is 1. The number of carbonyl (C=O) groups excluding carboxylic acids is 1.